The van der Waals surface area contributed by atoms with E-state index in [-0.39, 0.29) is 10.6 Å². The Morgan fingerprint density at radius 2 is 1.92 bits per heavy atom. The Bertz CT molecular complexity index is 1180. The molecule has 2 aromatic heterocycles. The van der Waals surface area contributed by atoms with E-state index in [0.717, 1.165) is 4.88 Å². The predicted molar refractivity (Wildman–Crippen MR) is 106 cm³/mol. The lowest BCUT2D eigenvalue weighted by Gasteiger charge is -2.12. The van der Waals surface area contributed by atoms with Gasteiger partial charge in [-0.1, -0.05) is 29.8 Å². The number of rotatable bonds is 3. The summed E-state index contributed by atoms with van der Waals surface area (Å²) in [6, 6.07) is 15.2. The molecule has 0 amide bonds. The number of benzene rings is 2. The highest BCUT2D eigenvalue weighted by Gasteiger charge is 2.12. The summed E-state index contributed by atoms with van der Waals surface area (Å²) >= 11 is 7.50. The Labute approximate surface area is 157 Å². The third-order valence-corrected chi connectivity index (χ3v) is 5.03. The number of halogens is 2. The van der Waals surface area contributed by atoms with Crippen LogP contribution in [0.15, 0.2) is 64.8 Å². The van der Waals surface area contributed by atoms with Crippen molar-refractivity contribution in [3.63, 3.8) is 0 Å². The van der Waals surface area contributed by atoms with Gasteiger partial charge in [-0.2, -0.15) is 0 Å². The molecule has 0 aliphatic carbocycles. The molecule has 0 N–H and O–H groups in total. The quantitative estimate of drug-likeness (QED) is 0.475. The molecule has 0 bridgehead atoms. The van der Waals surface area contributed by atoms with Gasteiger partial charge in [0.1, 0.15) is 11.6 Å². The molecule has 128 valence electrons. The Morgan fingerprint density at radius 1 is 1.08 bits per heavy atom. The normalized spacial score (nSPS) is 11.5. The zero-order valence-corrected chi connectivity index (χ0v) is 15.0. The molecule has 0 aliphatic heterocycles. The maximum Gasteiger partial charge on any atom is 0.266 e. The molecule has 2 heterocycles. The average molecular weight is 383 g/mol. The van der Waals surface area contributed by atoms with Crippen LogP contribution in [0.3, 0.4) is 0 Å². The van der Waals surface area contributed by atoms with E-state index in [9.17, 15) is 9.18 Å². The third-order valence-electron chi connectivity index (χ3n) is 3.90. The van der Waals surface area contributed by atoms with Crippen molar-refractivity contribution in [2.75, 3.05) is 0 Å². The lowest BCUT2D eigenvalue weighted by atomic mass is 10.2. The minimum absolute atomic E-state index is 0.0456. The van der Waals surface area contributed by atoms with E-state index in [2.05, 4.69) is 4.98 Å². The van der Waals surface area contributed by atoms with E-state index in [1.54, 1.807) is 35.6 Å². The van der Waals surface area contributed by atoms with Gasteiger partial charge in [-0.25, -0.2) is 9.37 Å². The van der Waals surface area contributed by atoms with Crippen molar-refractivity contribution in [1.29, 1.82) is 0 Å². The first kappa shape index (κ1) is 16.7. The monoisotopic (exact) mass is 382 g/mol. The van der Waals surface area contributed by atoms with E-state index in [1.807, 2.05) is 29.7 Å². The Hall–Kier alpha value is -2.76. The van der Waals surface area contributed by atoms with Crippen LogP contribution >= 0.6 is 22.9 Å². The number of thiophene rings is 1. The number of hydrogen-bond acceptors (Lipinski definition) is 3. The van der Waals surface area contributed by atoms with Crippen LogP contribution in [0.25, 0.3) is 28.7 Å². The van der Waals surface area contributed by atoms with Crippen molar-refractivity contribution in [3.05, 3.63) is 91.9 Å². The highest BCUT2D eigenvalue weighted by atomic mass is 35.5. The standard InChI is InChI=1S/C20H12ClFN2OS/c21-16-12-13(7-9-17(16)22)24-19(10-8-14-4-3-11-26-14)23-18-6-2-1-5-15(18)20(24)25/h1-12H/b10-8+. The van der Waals surface area contributed by atoms with E-state index in [4.69, 9.17) is 11.6 Å². The molecule has 0 saturated heterocycles. The number of fused-ring (bicyclic) bond motifs is 1. The largest absolute Gasteiger partial charge is 0.268 e. The van der Waals surface area contributed by atoms with Gasteiger partial charge in [0, 0.05) is 4.88 Å². The van der Waals surface area contributed by atoms with Gasteiger partial charge in [0.05, 0.1) is 21.6 Å². The molecule has 0 radical (unpaired) electrons. The molecule has 2 aromatic carbocycles. The summed E-state index contributed by atoms with van der Waals surface area (Å²) in [5.41, 5.74) is 0.836. The number of para-hydroxylation sites is 1. The van der Waals surface area contributed by atoms with Crippen molar-refractivity contribution in [2.24, 2.45) is 0 Å². The number of hydrogen-bond donors (Lipinski definition) is 0. The maximum absolute atomic E-state index is 13.6. The smallest absolute Gasteiger partial charge is 0.266 e. The first-order valence-electron chi connectivity index (χ1n) is 7.82. The lowest BCUT2D eigenvalue weighted by Crippen LogP contribution is -2.22. The summed E-state index contributed by atoms with van der Waals surface area (Å²) in [6.07, 6.45) is 3.67. The minimum Gasteiger partial charge on any atom is -0.268 e. The molecular weight excluding hydrogens is 371 g/mol. The molecule has 0 unspecified atom stereocenters. The van der Waals surface area contributed by atoms with Crippen LogP contribution in [0, 0.1) is 5.82 Å². The molecule has 4 rings (SSSR count). The second kappa shape index (κ2) is 6.86. The van der Waals surface area contributed by atoms with Gasteiger partial charge < -0.3 is 0 Å². The van der Waals surface area contributed by atoms with Gasteiger partial charge >= 0.3 is 0 Å². The molecule has 0 saturated carbocycles. The lowest BCUT2D eigenvalue weighted by molar-refractivity contribution is 0.627. The number of aromatic nitrogens is 2. The van der Waals surface area contributed by atoms with Gasteiger partial charge in [0.2, 0.25) is 0 Å². The first-order chi connectivity index (χ1) is 12.6. The molecule has 0 aliphatic rings. The van der Waals surface area contributed by atoms with Gasteiger partial charge in [0.15, 0.2) is 0 Å². The van der Waals surface area contributed by atoms with Crippen molar-refractivity contribution in [3.8, 4) is 5.69 Å². The van der Waals surface area contributed by atoms with E-state index in [1.165, 1.54) is 22.8 Å². The summed E-state index contributed by atoms with van der Waals surface area (Å²) in [5, 5.41) is 2.41. The summed E-state index contributed by atoms with van der Waals surface area (Å²) in [5.74, 6) is -0.0855. The summed E-state index contributed by atoms with van der Waals surface area (Å²) < 4.78 is 15.0. The summed E-state index contributed by atoms with van der Waals surface area (Å²) in [4.78, 5) is 18.7. The molecule has 6 heteroatoms. The third kappa shape index (κ3) is 3.07. The second-order valence-corrected chi connectivity index (χ2v) is 6.96. The van der Waals surface area contributed by atoms with Crippen LogP contribution < -0.4 is 5.56 Å². The second-order valence-electron chi connectivity index (χ2n) is 5.57. The van der Waals surface area contributed by atoms with Crippen LogP contribution in [-0.2, 0) is 0 Å². The fourth-order valence-electron chi connectivity index (χ4n) is 2.68. The molecule has 26 heavy (non-hydrogen) atoms. The van der Waals surface area contributed by atoms with Gasteiger partial charge in [-0.3, -0.25) is 9.36 Å². The minimum atomic E-state index is -0.534. The van der Waals surface area contributed by atoms with Gasteiger partial charge in [-0.05, 0) is 53.9 Å². The topological polar surface area (TPSA) is 34.9 Å². The Kier molecular flexibility index (Phi) is 4.41. The highest BCUT2D eigenvalue weighted by molar-refractivity contribution is 7.10. The van der Waals surface area contributed by atoms with Crippen LogP contribution in [0.2, 0.25) is 5.02 Å². The van der Waals surface area contributed by atoms with Crippen LogP contribution in [0.1, 0.15) is 10.7 Å². The van der Waals surface area contributed by atoms with Crippen molar-refractivity contribution < 1.29 is 4.39 Å². The van der Waals surface area contributed by atoms with Crippen LogP contribution in [-0.4, -0.2) is 9.55 Å². The maximum atomic E-state index is 13.6. The molecule has 0 spiro atoms. The molecule has 0 atom stereocenters. The van der Waals surface area contributed by atoms with Gasteiger partial charge in [-0.15, -0.1) is 11.3 Å². The molecule has 4 aromatic rings. The van der Waals surface area contributed by atoms with Gasteiger partial charge in [0.25, 0.3) is 5.56 Å². The van der Waals surface area contributed by atoms with Crippen LogP contribution in [0.4, 0.5) is 4.39 Å². The Morgan fingerprint density at radius 3 is 2.69 bits per heavy atom. The van der Waals surface area contributed by atoms with E-state index >= 15 is 0 Å². The molecule has 0 fully saturated rings. The van der Waals surface area contributed by atoms with Crippen LogP contribution in [0.5, 0.6) is 0 Å². The zero-order chi connectivity index (χ0) is 18.1. The fraction of sp³-hybridized carbons (Fsp3) is 0. The fourth-order valence-corrected chi connectivity index (χ4v) is 3.47. The molecule has 3 nitrogen and oxygen atoms in total. The Balaban J connectivity index is 1.99. The average Bonchev–Trinajstić information content (AvgIpc) is 3.16. The molecular formula is C20H12ClFN2OS. The van der Waals surface area contributed by atoms with Crippen molar-refractivity contribution in [2.45, 2.75) is 0 Å². The van der Waals surface area contributed by atoms with Crippen molar-refractivity contribution >= 4 is 46.0 Å². The van der Waals surface area contributed by atoms with E-state index < -0.39 is 5.82 Å². The predicted octanol–water partition coefficient (Wildman–Crippen LogP) is 5.41. The SMILES string of the molecule is O=c1c2ccccc2nc(/C=C/c2cccs2)n1-c1ccc(F)c(Cl)c1. The number of nitrogens with zero attached hydrogens (tertiary/aromatic N) is 2. The highest BCUT2D eigenvalue weighted by Crippen LogP contribution is 2.21. The van der Waals surface area contributed by atoms with Crippen molar-refractivity contribution in [1.82, 2.24) is 9.55 Å². The summed E-state index contributed by atoms with van der Waals surface area (Å²) in [7, 11) is 0. The zero-order valence-electron chi connectivity index (χ0n) is 13.4. The summed E-state index contributed by atoms with van der Waals surface area (Å²) in [6.45, 7) is 0. The first-order valence-corrected chi connectivity index (χ1v) is 9.08. The van der Waals surface area contributed by atoms with E-state index in [0.29, 0.717) is 22.4 Å².